The lowest BCUT2D eigenvalue weighted by molar-refractivity contribution is 0.411. The molecule has 1 fully saturated rings. The van der Waals surface area contributed by atoms with E-state index < -0.39 is 0 Å². The summed E-state index contributed by atoms with van der Waals surface area (Å²) in [6, 6.07) is 6.83. The van der Waals surface area contributed by atoms with Crippen LogP contribution in [0.2, 0.25) is 0 Å². The van der Waals surface area contributed by atoms with Crippen molar-refractivity contribution in [1.29, 1.82) is 0 Å². The largest absolute Gasteiger partial charge is 0.496 e. The van der Waals surface area contributed by atoms with Gasteiger partial charge in [-0.1, -0.05) is 25.0 Å². The lowest BCUT2D eigenvalue weighted by atomic mass is 10.1. The van der Waals surface area contributed by atoms with Crippen molar-refractivity contribution in [3.63, 3.8) is 0 Å². The van der Waals surface area contributed by atoms with Crippen molar-refractivity contribution >= 4 is 5.96 Å². The molecule has 2 N–H and O–H groups in total. The van der Waals surface area contributed by atoms with Crippen LogP contribution in [0.1, 0.15) is 36.8 Å². The molecule has 0 spiro atoms. The molecule has 0 radical (unpaired) electrons. The highest BCUT2D eigenvalue weighted by Gasteiger charge is 2.15. The van der Waals surface area contributed by atoms with Gasteiger partial charge in [0.2, 0.25) is 0 Å². The summed E-state index contributed by atoms with van der Waals surface area (Å²) in [5, 5.41) is 6.86. The zero-order valence-corrected chi connectivity index (χ0v) is 12.7. The Morgan fingerprint density at radius 1 is 1.35 bits per heavy atom. The Morgan fingerprint density at radius 2 is 2.10 bits per heavy atom. The molecule has 4 nitrogen and oxygen atoms in total. The maximum Gasteiger partial charge on any atom is 0.191 e. The number of methoxy groups -OCH3 is 1. The summed E-state index contributed by atoms with van der Waals surface area (Å²) < 4.78 is 5.28. The Kier molecular flexibility index (Phi) is 5.27. The quantitative estimate of drug-likeness (QED) is 0.656. The number of nitrogens with one attached hydrogen (secondary N) is 2. The standard InChI is InChI=1S/C16H25N3O/c1-12-10-13(8-9-15(12)20-3)11-18-16(17-2)19-14-6-4-5-7-14/h8-10,14H,4-7,11H2,1-3H3,(H2,17,18,19). The first-order valence-electron chi connectivity index (χ1n) is 7.33. The number of aryl methyl sites for hydroxylation is 1. The van der Waals surface area contributed by atoms with Crippen molar-refractivity contribution in [1.82, 2.24) is 10.6 Å². The number of guanidine groups is 1. The summed E-state index contributed by atoms with van der Waals surface area (Å²) in [7, 11) is 3.52. The maximum absolute atomic E-state index is 5.28. The minimum atomic E-state index is 0.582. The summed E-state index contributed by atoms with van der Waals surface area (Å²) in [5.41, 5.74) is 2.39. The summed E-state index contributed by atoms with van der Waals surface area (Å²) in [6.45, 7) is 2.84. The van der Waals surface area contributed by atoms with Gasteiger partial charge < -0.3 is 15.4 Å². The molecule has 20 heavy (non-hydrogen) atoms. The molecule has 0 aromatic heterocycles. The fourth-order valence-electron chi connectivity index (χ4n) is 2.69. The third-order valence-electron chi connectivity index (χ3n) is 3.84. The highest BCUT2D eigenvalue weighted by molar-refractivity contribution is 5.80. The van der Waals surface area contributed by atoms with Crippen LogP contribution in [0, 0.1) is 6.92 Å². The minimum Gasteiger partial charge on any atom is -0.496 e. The van der Waals surface area contributed by atoms with Gasteiger partial charge in [0.15, 0.2) is 5.96 Å². The van der Waals surface area contributed by atoms with E-state index in [4.69, 9.17) is 4.74 Å². The molecule has 1 aliphatic rings. The predicted molar refractivity (Wildman–Crippen MR) is 83.3 cm³/mol. The smallest absolute Gasteiger partial charge is 0.191 e. The molecule has 2 rings (SSSR count). The first-order valence-corrected chi connectivity index (χ1v) is 7.33. The van der Waals surface area contributed by atoms with Gasteiger partial charge in [0.05, 0.1) is 7.11 Å². The van der Waals surface area contributed by atoms with E-state index in [1.54, 1.807) is 7.11 Å². The first-order chi connectivity index (χ1) is 9.72. The second-order valence-electron chi connectivity index (χ2n) is 5.36. The zero-order chi connectivity index (χ0) is 14.4. The average Bonchev–Trinajstić information content (AvgIpc) is 2.96. The van der Waals surface area contributed by atoms with Crippen LogP contribution in [0.25, 0.3) is 0 Å². The van der Waals surface area contributed by atoms with Crippen LogP contribution in [0.3, 0.4) is 0 Å². The number of ether oxygens (including phenoxy) is 1. The Labute approximate surface area is 121 Å². The summed E-state index contributed by atoms with van der Waals surface area (Å²) in [5.74, 6) is 1.83. The van der Waals surface area contributed by atoms with Crippen LogP contribution in [0.15, 0.2) is 23.2 Å². The number of hydrogen-bond donors (Lipinski definition) is 2. The van der Waals surface area contributed by atoms with Crippen LogP contribution in [0.5, 0.6) is 5.75 Å². The maximum atomic E-state index is 5.28. The van der Waals surface area contributed by atoms with E-state index in [-0.39, 0.29) is 0 Å². The molecular weight excluding hydrogens is 250 g/mol. The highest BCUT2D eigenvalue weighted by atomic mass is 16.5. The van der Waals surface area contributed by atoms with E-state index >= 15 is 0 Å². The first kappa shape index (κ1) is 14.7. The Hall–Kier alpha value is -1.71. The van der Waals surface area contributed by atoms with Gasteiger partial charge in [-0.15, -0.1) is 0 Å². The lowest BCUT2D eigenvalue weighted by Gasteiger charge is -2.17. The van der Waals surface area contributed by atoms with Crippen molar-refractivity contribution in [2.24, 2.45) is 4.99 Å². The van der Waals surface area contributed by atoms with Crippen LogP contribution in [0.4, 0.5) is 0 Å². The molecule has 110 valence electrons. The van der Waals surface area contributed by atoms with Gasteiger partial charge >= 0.3 is 0 Å². The van der Waals surface area contributed by atoms with E-state index in [0.29, 0.717) is 6.04 Å². The molecule has 0 unspecified atom stereocenters. The third-order valence-corrected chi connectivity index (χ3v) is 3.84. The molecule has 0 amide bonds. The minimum absolute atomic E-state index is 0.582. The number of aliphatic imine (C=N–C) groups is 1. The van der Waals surface area contributed by atoms with Crippen LogP contribution in [-0.4, -0.2) is 26.2 Å². The SMILES string of the molecule is CN=C(NCc1ccc(OC)c(C)c1)NC1CCCC1. The van der Waals surface area contributed by atoms with E-state index in [1.807, 2.05) is 13.1 Å². The number of benzene rings is 1. The van der Waals surface area contributed by atoms with Gasteiger partial charge in [-0.05, 0) is 37.0 Å². The number of hydrogen-bond acceptors (Lipinski definition) is 2. The third kappa shape index (κ3) is 3.89. The molecule has 1 aromatic carbocycles. The topological polar surface area (TPSA) is 45.7 Å². The van der Waals surface area contributed by atoms with Gasteiger partial charge in [0, 0.05) is 19.6 Å². The van der Waals surface area contributed by atoms with E-state index in [2.05, 4.69) is 34.7 Å². The molecule has 1 aromatic rings. The monoisotopic (exact) mass is 275 g/mol. The van der Waals surface area contributed by atoms with Gasteiger partial charge in [-0.2, -0.15) is 0 Å². The molecule has 4 heteroatoms. The average molecular weight is 275 g/mol. The lowest BCUT2D eigenvalue weighted by Crippen LogP contribution is -2.41. The fraction of sp³-hybridized carbons (Fsp3) is 0.562. The normalized spacial score (nSPS) is 16.2. The molecule has 0 heterocycles. The van der Waals surface area contributed by atoms with Crippen molar-refractivity contribution in [2.45, 2.75) is 45.2 Å². The van der Waals surface area contributed by atoms with Gasteiger partial charge in [0.25, 0.3) is 0 Å². The van der Waals surface area contributed by atoms with Gasteiger partial charge in [-0.3, -0.25) is 4.99 Å². The van der Waals surface area contributed by atoms with Gasteiger partial charge in [-0.25, -0.2) is 0 Å². The Balaban J connectivity index is 1.87. The van der Waals surface area contributed by atoms with Crippen molar-refractivity contribution in [3.05, 3.63) is 29.3 Å². The van der Waals surface area contributed by atoms with Crippen molar-refractivity contribution < 1.29 is 4.74 Å². The molecule has 0 bridgehead atoms. The van der Waals surface area contributed by atoms with Gasteiger partial charge in [0.1, 0.15) is 5.75 Å². The van der Waals surface area contributed by atoms with E-state index in [0.717, 1.165) is 23.8 Å². The fourth-order valence-corrected chi connectivity index (χ4v) is 2.69. The highest BCUT2D eigenvalue weighted by Crippen LogP contribution is 2.19. The second kappa shape index (κ2) is 7.17. The van der Waals surface area contributed by atoms with Crippen LogP contribution in [-0.2, 0) is 6.54 Å². The van der Waals surface area contributed by atoms with Crippen LogP contribution < -0.4 is 15.4 Å². The number of nitrogens with zero attached hydrogens (tertiary/aromatic N) is 1. The van der Waals surface area contributed by atoms with Crippen molar-refractivity contribution in [3.8, 4) is 5.75 Å². The Morgan fingerprint density at radius 3 is 2.70 bits per heavy atom. The predicted octanol–water partition coefficient (Wildman–Crippen LogP) is 2.61. The van der Waals surface area contributed by atoms with E-state index in [9.17, 15) is 0 Å². The summed E-state index contributed by atoms with van der Waals surface area (Å²) >= 11 is 0. The second-order valence-corrected chi connectivity index (χ2v) is 5.36. The van der Waals surface area contributed by atoms with Crippen LogP contribution >= 0.6 is 0 Å². The molecule has 0 aliphatic heterocycles. The van der Waals surface area contributed by atoms with E-state index in [1.165, 1.54) is 31.2 Å². The molecule has 1 aliphatic carbocycles. The molecule has 0 saturated heterocycles. The summed E-state index contributed by atoms with van der Waals surface area (Å²) in [6.07, 6.45) is 5.16. The zero-order valence-electron chi connectivity index (χ0n) is 12.7. The molecule has 1 saturated carbocycles. The molecular formula is C16H25N3O. The summed E-state index contributed by atoms with van der Waals surface area (Å²) in [4.78, 5) is 4.29. The number of rotatable bonds is 4. The Bertz CT molecular complexity index is 465. The van der Waals surface area contributed by atoms with Crippen molar-refractivity contribution in [2.75, 3.05) is 14.2 Å². The molecule has 0 atom stereocenters.